The molecular weight excluding hydrogens is 184 g/mol. The van der Waals surface area contributed by atoms with Gasteiger partial charge >= 0.3 is 0 Å². The van der Waals surface area contributed by atoms with Crippen molar-refractivity contribution in [2.75, 3.05) is 33.2 Å². The summed E-state index contributed by atoms with van der Waals surface area (Å²) in [5.74, 6) is 1.80. The van der Waals surface area contributed by atoms with Crippen LogP contribution in [0, 0.1) is 11.8 Å². The quantitative estimate of drug-likeness (QED) is 0.727. The van der Waals surface area contributed by atoms with E-state index in [9.17, 15) is 0 Å². The van der Waals surface area contributed by atoms with E-state index >= 15 is 0 Å². The van der Waals surface area contributed by atoms with Crippen LogP contribution in [0.4, 0.5) is 0 Å². The molecule has 0 aliphatic carbocycles. The molecule has 1 heterocycles. The second kappa shape index (κ2) is 7.24. The summed E-state index contributed by atoms with van der Waals surface area (Å²) in [4.78, 5) is 2.54. The molecule has 90 valence electrons. The summed E-state index contributed by atoms with van der Waals surface area (Å²) in [6, 6.07) is 0. The van der Waals surface area contributed by atoms with Crippen molar-refractivity contribution < 1.29 is 0 Å². The number of piperidine rings is 1. The number of nitrogens with zero attached hydrogens (tertiary/aromatic N) is 1. The lowest BCUT2D eigenvalue weighted by molar-refractivity contribution is 0.213. The van der Waals surface area contributed by atoms with Crippen molar-refractivity contribution in [2.24, 2.45) is 11.8 Å². The van der Waals surface area contributed by atoms with E-state index in [1.165, 1.54) is 51.9 Å². The van der Waals surface area contributed by atoms with Gasteiger partial charge in [-0.3, -0.25) is 0 Å². The predicted molar refractivity (Wildman–Crippen MR) is 67.2 cm³/mol. The zero-order chi connectivity index (χ0) is 11.1. The topological polar surface area (TPSA) is 15.3 Å². The normalized spacial score (nSPS) is 20.8. The van der Waals surface area contributed by atoms with Gasteiger partial charge in [-0.15, -0.1) is 0 Å². The Hall–Kier alpha value is -0.0800. The Morgan fingerprint density at radius 1 is 1.33 bits per heavy atom. The smallest absolute Gasteiger partial charge is 0.000767 e. The first kappa shape index (κ1) is 13.0. The van der Waals surface area contributed by atoms with Gasteiger partial charge in [0.15, 0.2) is 0 Å². The van der Waals surface area contributed by atoms with Crippen molar-refractivity contribution in [1.82, 2.24) is 10.2 Å². The Balaban J connectivity index is 2.13. The fraction of sp³-hybridized carbons (Fsp3) is 1.00. The third-order valence-corrected chi connectivity index (χ3v) is 3.43. The Labute approximate surface area is 95.4 Å². The standard InChI is InChI=1S/C13H28N2/c1-4-5-12(2)10-15(3)11-13-6-8-14-9-7-13/h12-14H,4-11H2,1-3H3. The number of hydrogen-bond acceptors (Lipinski definition) is 2. The molecule has 1 atom stereocenters. The molecule has 0 aromatic carbocycles. The zero-order valence-electron chi connectivity index (χ0n) is 10.8. The molecule has 0 spiro atoms. The molecule has 1 aliphatic rings. The van der Waals surface area contributed by atoms with Gasteiger partial charge in [-0.1, -0.05) is 20.3 Å². The van der Waals surface area contributed by atoms with Crippen molar-refractivity contribution in [2.45, 2.75) is 39.5 Å². The van der Waals surface area contributed by atoms with Gasteiger partial charge in [-0.05, 0) is 51.2 Å². The van der Waals surface area contributed by atoms with Crippen LogP contribution in [0.5, 0.6) is 0 Å². The van der Waals surface area contributed by atoms with Crippen LogP contribution in [-0.4, -0.2) is 38.1 Å². The summed E-state index contributed by atoms with van der Waals surface area (Å²) in [5, 5.41) is 3.43. The third-order valence-electron chi connectivity index (χ3n) is 3.43. The fourth-order valence-corrected chi connectivity index (χ4v) is 2.70. The zero-order valence-corrected chi connectivity index (χ0v) is 10.8. The van der Waals surface area contributed by atoms with E-state index in [0.717, 1.165) is 11.8 Å². The Kier molecular flexibility index (Phi) is 6.26. The number of nitrogens with one attached hydrogen (secondary N) is 1. The highest BCUT2D eigenvalue weighted by Crippen LogP contribution is 2.14. The average Bonchev–Trinajstić information content (AvgIpc) is 2.19. The van der Waals surface area contributed by atoms with E-state index in [1.54, 1.807) is 0 Å². The molecule has 2 nitrogen and oxygen atoms in total. The number of hydrogen-bond donors (Lipinski definition) is 1. The summed E-state index contributed by atoms with van der Waals surface area (Å²) in [6.07, 6.45) is 5.43. The van der Waals surface area contributed by atoms with Crippen LogP contribution >= 0.6 is 0 Å². The highest BCUT2D eigenvalue weighted by Gasteiger charge is 2.15. The minimum absolute atomic E-state index is 0.863. The summed E-state index contributed by atoms with van der Waals surface area (Å²) in [7, 11) is 2.29. The molecule has 0 aromatic rings. The third kappa shape index (κ3) is 5.53. The second-order valence-corrected chi connectivity index (χ2v) is 5.31. The van der Waals surface area contributed by atoms with Gasteiger partial charge in [-0.2, -0.15) is 0 Å². The van der Waals surface area contributed by atoms with Crippen molar-refractivity contribution in [1.29, 1.82) is 0 Å². The second-order valence-electron chi connectivity index (χ2n) is 5.31. The molecule has 0 radical (unpaired) electrons. The lowest BCUT2D eigenvalue weighted by atomic mass is 9.97. The van der Waals surface area contributed by atoms with Gasteiger partial charge in [0, 0.05) is 13.1 Å². The molecular formula is C13H28N2. The van der Waals surface area contributed by atoms with Gasteiger partial charge in [0.1, 0.15) is 0 Å². The fourth-order valence-electron chi connectivity index (χ4n) is 2.70. The van der Waals surface area contributed by atoms with Crippen molar-refractivity contribution in [3.8, 4) is 0 Å². The maximum atomic E-state index is 3.43. The average molecular weight is 212 g/mol. The summed E-state index contributed by atoms with van der Waals surface area (Å²) < 4.78 is 0. The van der Waals surface area contributed by atoms with Crippen LogP contribution in [0.25, 0.3) is 0 Å². The van der Waals surface area contributed by atoms with Crippen LogP contribution < -0.4 is 5.32 Å². The molecule has 0 bridgehead atoms. The molecule has 1 rings (SSSR count). The molecule has 1 N–H and O–H groups in total. The highest BCUT2D eigenvalue weighted by molar-refractivity contribution is 4.72. The lowest BCUT2D eigenvalue weighted by Gasteiger charge is -2.29. The first-order chi connectivity index (χ1) is 7.22. The van der Waals surface area contributed by atoms with Crippen molar-refractivity contribution in [3.63, 3.8) is 0 Å². The van der Waals surface area contributed by atoms with Gasteiger partial charge in [0.2, 0.25) is 0 Å². The molecule has 2 heteroatoms. The van der Waals surface area contributed by atoms with Crippen LogP contribution in [0.15, 0.2) is 0 Å². The van der Waals surface area contributed by atoms with E-state index < -0.39 is 0 Å². The maximum absolute atomic E-state index is 3.43. The van der Waals surface area contributed by atoms with Gasteiger partial charge < -0.3 is 10.2 Å². The van der Waals surface area contributed by atoms with E-state index in [1.807, 2.05) is 0 Å². The number of rotatable bonds is 6. The first-order valence-corrected chi connectivity index (χ1v) is 6.61. The Morgan fingerprint density at radius 3 is 2.60 bits per heavy atom. The van der Waals surface area contributed by atoms with E-state index in [2.05, 4.69) is 31.1 Å². The van der Waals surface area contributed by atoms with Crippen LogP contribution in [0.1, 0.15) is 39.5 Å². The molecule has 15 heavy (non-hydrogen) atoms. The summed E-state index contributed by atoms with van der Waals surface area (Å²) in [5.41, 5.74) is 0. The summed E-state index contributed by atoms with van der Waals surface area (Å²) in [6.45, 7) is 9.69. The maximum Gasteiger partial charge on any atom is 0.000767 e. The van der Waals surface area contributed by atoms with E-state index in [0.29, 0.717) is 0 Å². The van der Waals surface area contributed by atoms with Crippen molar-refractivity contribution in [3.05, 3.63) is 0 Å². The molecule has 0 saturated carbocycles. The van der Waals surface area contributed by atoms with Gasteiger partial charge in [0.05, 0.1) is 0 Å². The molecule has 1 saturated heterocycles. The first-order valence-electron chi connectivity index (χ1n) is 6.61. The van der Waals surface area contributed by atoms with E-state index in [-0.39, 0.29) is 0 Å². The predicted octanol–water partition coefficient (Wildman–Crippen LogP) is 2.35. The van der Waals surface area contributed by atoms with E-state index in [4.69, 9.17) is 0 Å². The molecule has 0 aromatic heterocycles. The lowest BCUT2D eigenvalue weighted by Crippen LogP contribution is -2.36. The minimum Gasteiger partial charge on any atom is -0.317 e. The van der Waals surface area contributed by atoms with Crippen molar-refractivity contribution >= 4 is 0 Å². The van der Waals surface area contributed by atoms with Gasteiger partial charge in [0.25, 0.3) is 0 Å². The minimum atomic E-state index is 0.863. The summed E-state index contributed by atoms with van der Waals surface area (Å²) >= 11 is 0. The Morgan fingerprint density at radius 2 is 2.00 bits per heavy atom. The Bertz CT molecular complexity index is 153. The molecule has 1 unspecified atom stereocenters. The van der Waals surface area contributed by atoms with Gasteiger partial charge in [-0.25, -0.2) is 0 Å². The molecule has 1 fully saturated rings. The van der Waals surface area contributed by atoms with Crippen LogP contribution in [-0.2, 0) is 0 Å². The van der Waals surface area contributed by atoms with Crippen LogP contribution in [0.2, 0.25) is 0 Å². The highest BCUT2D eigenvalue weighted by atomic mass is 15.1. The largest absolute Gasteiger partial charge is 0.317 e. The molecule has 0 amide bonds. The SMILES string of the molecule is CCCC(C)CN(C)CC1CCNCC1. The van der Waals surface area contributed by atoms with Crippen LogP contribution in [0.3, 0.4) is 0 Å². The molecule has 1 aliphatic heterocycles. The monoisotopic (exact) mass is 212 g/mol.